The number of hydrogen-bond acceptors (Lipinski definition) is 6. The Hall–Kier alpha value is -1.83. The third-order valence-electron chi connectivity index (χ3n) is 2.56. The van der Waals surface area contributed by atoms with E-state index >= 15 is 0 Å². The summed E-state index contributed by atoms with van der Waals surface area (Å²) < 4.78 is 20.9. The molecular formula is C14H22N2O5. The van der Waals surface area contributed by atoms with Crippen LogP contribution in [0.15, 0.2) is 18.2 Å². The first-order valence-corrected chi connectivity index (χ1v) is 6.61. The van der Waals surface area contributed by atoms with Crippen LogP contribution in [0.3, 0.4) is 0 Å². The van der Waals surface area contributed by atoms with E-state index in [-0.39, 0.29) is 5.56 Å². The molecule has 4 N–H and O–H groups in total. The normalized spacial score (nSPS) is 10.5. The fourth-order valence-electron chi connectivity index (χ4n) is 1.54. The number of methoxy groups -OCH3 is 1. The van der Waals surface area contributed by atoms with Gasteiger partial charge in [-0.1, -0.05) is 0 Å². The van der Waals surface area contributed by atoms with Gasteiger partial charge in [0.2, 0.25) is 0 Å². The minimum absolute atomic E-state index is 0.262. The summed E-state index contributed by atoms with van der Waals surface area (Å²) in [4.78, 5) is 11.3. The van der Waals surface area contributed by atoms with Gasteiger partial charge in [-0.3, -0.25) is 4.79 Å². The topological polar surface area (TPSA) is 106 Å². The summed E-state index contributed by atoms with van der Waals surface area (Å²) in [6, 6.07) is 4.75. The lowest BCUT2D eigenvalue weighted by Gasteiger charge is -2.10. The first kappa shape index (κ1) is 17.2. The molecule has 1 aromatic rings. The molecule has 0 aromatic heterocycles. The third-order valence-corrected chi connectivity index (χ3v) is 2.56. The summed E-state index contributed by atoms with van der Waals surface area (Å²) in [5, 5.41) is 0. The molecule has 0 spiro atoms. The molecule has 1 rings (SSSR count). The van der Waals surface area contributed by atoms with Gasteiger partial charge in [0.15, 0.2) is 0 Å². The number of anilines is 1. The number of nitrogen functional groups attached to an aromatic ring is 1. The average Bonchev–Trinajstić information content (AvgIpc) is 2.46. The molecule has 0 aliphatic rings. The van der Waals surface area contributed by atoms with Gasteiger partial charge in [0.25, 0.3) is 5.91 Å². The summed E-state index contributed by atoms with van der Waals surface area (Å²) in [5.74, 6) is -0.179. The second-order valence-corrected chi connectivity index (χ2v) is 4.19. The average molecular weight is 298 g/mol. The Labute approximate surface area is 124 Å². The van der Waals surface area contributed by atoms with Gasteiger partial charge in [0.1, 0.15) is 12.4 Å². The molecule has 0 unspecified atom stereocenters. The van der Waals surface area contributed by atoms with Crippen LogP contribution in [-0.2, 0) is 14.2 Å². The lowest BCUT2D eigenvalue weighted by molar-refractivity contribution is 0.0179. The highest BCUT2D eigenvalue weighted by atomic mass is 16.6. The minimum Gasteiger partial charge on any atom is -0.490 e. The maximum Gasteiger partial charge on any atom is 0.252 e. The summed E-state index contributed by atoms with van der Waals surface area (Å²) in [6.45, 7) is 2.77. The van der Waals surface area contributed by atoms with Crippen LogP contribution in [0.25, 0.3) is 0 Å². The van der Waals surface area contributed by atoms with Crippen LogP contribution >= 0.6 is 0 Å². The van der Waals surface area contributed by atoms with E-state index in [4.69, 9.17) is 30.4 Å². The quantitative estimate of drug-likeness (QED) is 0.453. The van der Waals surface area contributed by atoms with Crippen LogP contribution in [0.5, 0.6) is 5.75 Å². The van der Waals surface area contributed by atoms with Gasteiger partial charge in [-0.05, 0) is 18.2 Å². The Morgan fingerprint density at radius 2 is 1.67 bits per heavy atom. The monoisotopic (exact) mass is 298 g/mol. The number of ether oxygens (including phenoxy) is 4. The zero-order valence-corrected chi connectivity index (χ0v) is 12.2. The van der Waals surface area contributed by atoms with Gasteiger partial charge in [-0.15, -0.1) is 0 Å². The van der Waals surface area contributed by atoms with Crippen molar-refractivity contribution in [3.63, 3.8) is 0 Å². The summed E-state index contributed by atoms with van der Waals surface area (Å²) in [5.41, 5.74) is 11.6. The predicted molar refractivity (Wildman–Crippen MR) is 78.4 cm³/mol. The fraction of sp³-hybridized carbons (Fsp3) is 0.500. The number of benzene rings is 1. The van der Waals surface area contributed by atoms with Crippen molar-refractivity contribution in [1.82, 2.24) is 0 Å². The SMILES string of the molecule is COCCOCCOCCOc1ccc(N)cc1C(N)=O. The molecule has 0 heterocycles. The van der Waals surface area contributed by atoms with Gasteiger partial charge >= 0.3 is 0 Å². The largest absolute Gasteiger partial charge is 0.490 e. The van der Waals surface area contributed by atoms with Crippen LogP contribution in [0.1, 0.15) is 10.4 Å². The van der Waals surface area contributed by atoms with Crippen molar-refractivity contribution in [2.75, 3.05) is 52.5 Å². The van der Waals surface area contributed by atoms with Crippen molar-refractivity contribution >= 4 is 11.6 Å². The summed E-state index contributed by atoms with van der Waals surface area (Å²) in [6.07, 6.45) is 0. The lowest BCUT2D eigenvalue weighted by atomic mass is 10.1. The Kier molecular flexibility index (Phi) is 8.18. The number of hydrogen-bond donors (Lipinski definition) is 2. The van der Waals surface area contributed by atoms with Gasteiger partial charge in [0, 0.05) is 12.8 Å². The summed E-state index contributed by atoms with van der Waals surface area (Å²) >= 11 is 0. The highest BCUT2D eigenvalue weighted by Gasteiger charge is 2.09. The van der Waals surface area contributed by atoms with Crippen LogP contribution in [0.4, 0.5) is 5.69 Å². The summed E-state index contributed by atoms with van der Waals surface area (Å²) in [7, 11) is 1.62. The smallest absolute Gasteiger partial charge is 0.252 e. The highest BCUT2D eigenvalue weighted by molar-refractivity contribution is 5.96. The predicted octanol–water partition coefficient (Wildman–Crippen LogP) is 0.426. The second-order valence-electron chi connectivity index (χ2n) is 4.19. The molecule has 0 saturated heterocycles. The van der Waals surface area contributed by atoms with E-state index in [0.717, 1.165) is 0 Å². The van der Waals surface area contributed by atoms with Crippen molar-refractivity contribution in [3.8, 4) is 5.75 Å². The number of amides is 1. The van der Waals surface area contributed by atoms with E-state index in [1.807, 2.05) is 0 Å². The molecule has 0 fully saturated rings. The third kappa shape index (κ3) is 6.94. The standard InChI is InChI=1S/C14H22N2O5/c1-18-4-5-19-6-7-20-8-9-21-13-3-2-11(15)10-12(13)14(16)17/h2-3,10H,4-9,15H2,1H3,(H2,16,17). The van der Waals surface area contributed by atoms with Gasteiger partial charge in [0.05, 0.1) is 38.6 Å². The van der Waals surface area contributed by atoms with Crippen molar-refractivity contribution in [2.45, 2.75) is 0 Å². The molecule has 1 amide bonds. The molecule has 21 heavy (non-hydrogen) atoms. The molecule has 0 aliphatic carbocycles. The molecule has 7 nitrogen and oxygen atoms in total. The van der Waals surface area contributed by atoms with E-state index in [0.29, 0.717) is 51.1 Å². The first-order chi connectivity index (χ1) is 10.1. The van der Waals surface area contributed by atoms with E-state index in [9.17, 15) is 4.79 Å². The second kappa shape index (κ2) is 9.98. The Bertz CT molecular complexity index is 439. The molecule has 7 heteroatoms. The number of carbonyl (C=O) groups excluding carboxylic acids is 1. The van der Waals surface area contributed by atoms with E-state index < -0.39 is 5.91 Å². The zero-order chi connectivity index (χ0) is 15.5. The molecule has 1 aromatic carbocycles. The number of rotatable bonds is 11. The van der Waals surface area contributed by atoms with E-state index in [2.05, 4.69) is 0 Å². The van der Waals surface area contributed by atoms with Crippen molar-refractivity contribution in [2.24, 2.45) is 5.73 Å². The van der Waals surface area contributed by atoms with Crippen LogP contribution < -0.4 is 16.2 Å². The van der Waals surface area contributed by atoms with E-state index in [1.165, 1.54) is 6.07 Å². The zero-order valence-electron chi connectivity index (χ0n) is 12.2. The van der Waals surface area contributed by atoms with Gasteiger partial charge < -0.3 is 30.4 Å². The molecular weight excluding hydrogens is 276 g/mol. The highest BCUT2D eigenvalue weighted by Crippen LogP contribution is 2.20. The van der Waals surface area contributed by atoms with Gasteiger partial charge in [-0.2, -0.15) is 0 Å². The molecule has 0 aliphatic heterocycles. The van der Waals surface area contributed by atoms with Crippen LogP contribution in [0, 0.1) is 0 Å². The van der Waals surface area contributed by atoms with E-state index in [1.54, 1.807) is 19.2 Å². The Balaban J connectivity index is 2.20. The van der Waals surface area contributed by atoms with Crippen molar-refractivity contribution < 1.29 is 23.7 Å². The first-order valence-electron chi connectivity index (χ1n) is 6.61. The minimum atomic E-state index is -0.579. The molecule has 0 saturated carbocycles. The number of nitrogens with two attached hydrogens (primary N) is 2. The fourth-order valence-corrected chi connectivity index (χ4v) is 1.54. The Morgan fingerprint density at radius 3 is 2.29 bits per heavy atom. The molecule has 0 bridgehead atoms. The van der Waals surface area contributed by atoms with Crippen molar-refractivity contribution in [1.29, 1.82) is 0 Å². The maximum atomic E-state index is 11.3. The number of primary amides is 1. The number of carbonyl (C=O) groups is 1. The molecule has 0 radical (unpaired) electrons. The molecule has 118 valence electrons. The van der Waals surface area contributed by atoms with Crippen LogP contribution in [0.2, 0.25) is 0 Å². The maximum absolute atomic E-state index is 11.3. The van der Waals surface area contributed by atoms with Crippen molar-refractivity contribution in [3.05, 3.63) is 23.8 Å². The van der Waals surface area contributed by atoms with Gasteiger partial charge in [-0.25, -0.2) is 0 Å². The van der Waals surface area contributed by atoms with Crippen LogP contribution in [-0.4, -0.2) is 52.7 Å². The lowest BCUT2D eigenvalue weighted by Crippen LogP contribution is -2.16. The Morgan fingerprint density at radius 1 is 1.05 bits per heavy atom. The molecule has 0 atom stereocenters.